The van der Waals surface area contributed by atoms with Gasteiger partial charge in [0.15, 0.2) is 5.76 Å². The van der Waals surface area contributed by atoms with Gasteiger partial charge in [-0.3, -0.25) is 0 Å². The Hall–Kier alpha value is -3.15. The molecule has 0 radical (unpaired) electrons. The lowest BCUT2D eigenvalue weighted by Crippen LogP contribution is -2.23. The Morgan fingerprint density at radius 1 is 1.00 bits per heavy atom. The number of hydrogen-bond donors (Lipinski definition) is 0. The summed E-state index contributed by atoms with van der Waals surface area (Å²) in [7, 11) is 3.08. The molecule has 0 spiro atoms. The third-order valence-corrected chi connectivity index (χ3v) is 3.60. The number of carbonyl (C=O) groups excluding carboxylic acids is 1. The maximum Gasteiger partial charge on any atom is 0.151 e. The molecule has 3 rings (SSSR count). The molecule has 0 aliphatic rings. The van der Waals surface area contributed by atoms with Gasteiger partial charge in [0.1, 0.15) is 29.4 Å². The van der Waals surface area contributed by atoms with Crippen molar-refractivity contribution in [1.82, 2.24) is 0 Å². The van der Waals surface area contributed by atoms with E-state index < -0.39 is 5.97 Å². The van der Waals surface area contributed by atoms with E-state index in [2.05, 4.69) is 0 Å². The first-order valence-corrected chi connectivity index (χ1v) is 7.20. The van der Waals surface area contributed by atoms with Crippen LogP contribution in [0.15, 0.2) is 46.9 Å². The monoisotopic (exact) mass is 327 g/mol. The van der Waals surface area contributed by atoms with Crippen molar-refractivity contribution in [2.45, 2.75) is 6.61 Å². The summed E-state index contributed by atoms with van der Waals surface area (Å²) < 4.78 is 21.4. The molecule has 2 aromatic carbocycles. The van der Waals surface area contributed by atoms with Crippen LogP contribution in [0.3, 0.4) is 0 Å². The molecular weight excluding hydrogens is 312 g/mol. The lowest BCUT2D eigenvalue weighted by molar-refractivity contribution is -0.255. The van der Waals surface area contributed by atoms with Crippen LogP contribution in [-0.2, 0) is 6.61 Å². The van der Waals surface area contributed by atoms with Crippen molar-refractivity contribution in [2.24, 2.45) is 0 Å². The topological polar surface area (TPSA) is 81.0 Å². The van der Waals surface area contributed by atoms with E-state index in [-0.39, 0.29) is 17.9 Å². The summed E-state index contributed by atoms with van der Waals surface area (Å²) in [6.07, 6.45) is 0. The Labute approximate surface area is 138 Å². The third-order valence-electron chi connectivity index (χ3n) is 3.60. The van der Waals surface area contributed by atoms with Crippen LogP contribution < -0.4 is 19.3 Å². The van der Waals surface area contributed by atoms with Gasteiger partial charge >= 0.3 is 0 Å². The van der Waals surface area contributed by atoms with Crippen LogP contribution in [0.25, 0.3) is 11.0 Å². The summed E-state index contributed by atoms with van der Waals surface area (Å²) in [6.45, 7) is -0.0351. The first kappa shape index (κ1) is 15.7. The van der Waals surface area contributed by atoms with E-state index in [0.29, 0.717) is 28.2 Å². The highest BCUT2D eigenvalue weighted by Gasteiger charge is 2.16. The van der Waals surface area contributed by atoms with Gasteiger partial charge in [0.25, 0.3) is 0 Å². The van der Waals surface area contributed by atoms with E-state index in [1.807, 2.05) is 0 Å². The van der Waals surface area contributed by atoms with E-state index >= 15 is 0 Å². The van der Waals surface area contributed by atoms with E-state index in [0.717, 1.165) is 0 Å². The fraction of sp³-hybridized carbons (Fsp3) is 0.167. The minimum Gasteiger partial charge on any atom is -0.545 e. The fourth-order valence-electron chi connectivity index (χ4n) is 2.40. The number of methoxy groups -OCH3 is 2. The van der Waals surface area contributed by atoms with Crippen LogP contribution in [0, 0.1) is 0 Å². The number of carbonyl (C=O) groups is 1. The van der Waals surface area contributed by atoms with E-state index in [9.17, 15) is 9.90 Å². The van der Waals surface area contributed by atoms with Gasteiger partial charge in [0.05, 0.1) is 25.8 Å². The number of benzene rings is 2. The van der Waals surface area contributed by atoms with Crippen molar-refractivity contribution >= 4 is 16.9 Å². The number of furan rings is 1. The second kappa shape index (κ2) is 6.54. The number of aromatic carboxylic acids is 1. The molecule has 0 atom stereocenters. The maximum atomic E-state index is 11.5. The maximum absolute atomic E-state index is 11.5. The highest BCUT2D eigenvalue weighted by molar-refractivity contribution is 6.03. The normalized spacial score (nSPS) is 10.6. The van der Waals surface area contributed by atoms with E-state index in [1.54, 1.807) is 49.6 Å². The van der Waals surface area contributed by atoms with Gasteiger partial charge in [-0.15, -0.1) is 0 Å². The highest BCUT2D eigenvalue weighted by Crippen LogP contribution is 2.30. The third kappa shape index (κ3) is 2.99. The summed E-state index contributed by atoms with van der Waals surface area (Å²) in [6, 6.07) is 11.9. The Kier molecular flexibility index (Phi) is 4.29. The van der Waals surface area contributed by atoms with Gasteiger partial charge in [-0.1, -0.05) is 0 Å². The van der Waals surface area contributed by atoms with Crippen LogP contribution in [0.5, 0.6) is 17.2 Å². The second-order valence-corrected chi connectivity index (χ2v) is 5.01. The fourth-order valence-corrected chi connectivity index (χ4v) is 2.40. The molecule has 0 saturated carbocycles. The van der Waals surface area contributed by atoms with E-state index in [1.165, 1.54) is 7.11 Å². The first-order valence-electron chi connectivity index (χ1n) is 7.20. The molecule has 0 N–H and O–H groups in total. The second-order valence-electron chi connectivity index (χ2n) is 5.01. The van der Waals surface area contributed by atoms with Gasteiger partial charge in [0.2, 0.25) is 0 Å². The van der Waals surface area contributed by atoms with Gasteiger partial charge in [-0.25, -0.2) is 0 Å². The Bertz CT molecular complexity index is 863. The Morgan fingerprint density at radius 2 is 1.62 bits per heavy atom. The van der Waals surface area contributed by atoms with Crippen molar-refractivity contribution in [3.05, 3.63) is 53.8 Å². The largest absolute Gasteiger partial charge is 0.545 e. The molecule has 0 amide bonds. The molecule has 0 aliphatic carbocycles. The van der Waals surface area contributed by atoms with Crippen LogP contribution >= 0.6 is 0 Å². The van der Waals surface area contributed by atoms with Gasteiger partial charge in [0, 0.05) is 5.39 Å². The molecular formula is C18H15O6-. The molecule has 1 aromatic heterocycles. The van der Waals surface area contributed by atoms with Crippen molar-refractivity contribution < 1.29 is 28.5 Å². The van der Waals surface area contributed by atoms with Crippen LogP contribution in [0.1, 0.15) is 16.1 Å². The zero-order valence-electron chi connectivity index (χ0n) is 13.2. The van der Waals surface area contributed by atoms with Gasteiger partial charge in [-0.05, 0) is 42.5 Å². The zero-order chi connectivity index (χ0) is 17.1. The Balaban J connectivity index is 1.90. The molecule has 0 fully saturated rings. The average Bonchev–Trinajstić information content (AvgIpc) is 2.97. The minimum atomic E-state index is -1.32. The molecule has 124 valence electrons. The summed E-state index contributed by atoms with van der Waals surface area (Å²) in [5.41, 5.74) is 0.403. The van der Waals surface area contributed by atoms with Crippen LogP contribution in [0.4, 0.5) is 0 Å². The lowest BCUT2D eigenvalue weighted by Gasteiger charge is -2.08. The molecule has 0 unspecified atom stereocenters. The molecule has 3 aromatic rings. The summed E-state index contributed by atoms with van der Waals surface area (Å²) in [5, 5.41) is 11.9. The average molecular weight is 327 g/mol. The highest BCUT2D eigenvalue weighted by atomic mass is 16.5. The number of rotatable bonds is 6. The van der Waals surface area contributed by atoms with Gasteiger partial charge in [-0.2, -0.15) is 0 Å². The van der Waals surface area contributed by atoms with E-state index in [4.69, 9.17) is 18.6 Å². The SMILES string of the molecule is COc1ccc(OCc2oc3ccc(OC)cc3c2C(=O)[O-])cc1. The molecule has 0 saturated heterocycles. The minimum absolute atomic E-state index is 0.0302. The molecule has 6 nitrogen and oxygen atoms in total. The van der Waals surface area contributed by atoms with Crippen LogP contribution in [-0.4, -0.2) is 20.2 Å². The van der Waals surface area contributed by atoms with Crippen molar-refractivity contribution in [2.75, 3.05) is 14.2 Å². The number of ether oxygens (including phenoxy) is 3. The molecule has 6 heteroatoms. The Morgan fingerprint density at radius 3 is 2.25 bits per heavy atom. The number of hydrogen-bond acceptors (Lipinski definition) is 6. The van der Waals surface area contributed by atoms with Gasteiger partial charge < -0.3 is 28.5 Å². The summed E-state index contributed by atoms with van der Waals surface area (Å²) in [5.74, 6) is 0.671. The van der Waals surface area contributed by atoms with Crippen molar-refractivity contribution in [1.29, 1.82) is 0 Å². The predicted molar refractivity (Wildman–Crippen MR) is 84.4 cm³/mol. The zero-order valence-corrected chi connectivity index (χ0v) is 13.2. The molecule has 24 heavy (non-hydrogen) atoms. The molecule has 1 heterocycles. The standard InChI is InChI=1S/C18H16O6/c1-21-11-3-5-12(6-4-11)23-10-16-17(18(19)20)14-9-13(22-2)7-8-15(14)24-16/h3-9H,10H2,1-2H3,(H,19,20)/p-1. The molecule has 0 bridgehead atoms. The number of carboxylic acid groups (broad SMARTS) is 1. The van der Waals surface area contributed by atoms with Crippen molar-refractivity contribution in [3.63, 3.8) is 0 Å². The predicted octanol–water partition coefficient (Wildman–Crippen LogP) is 2.39. The molecule has 0 aliphatic heterocycles. The van der Waals surface area contributed by atoms with Crippen LogP contribution in [0.2, 0.25) is 0 Å². The number of carboxylic acids is 1. The smallest absolute Gasteiger partial charge is 0.151 e. The summed E-state index contributed by atoms with van der Waals surface area (Å²) in [4.78, 5) is 11.5. The van der Waals surface area contributed by atoms with Crippen molar-refractivity contribution in [3.8, 4) is 17.2 Å². The first-order chi connectivity index (χ1) is 11.6. The lowest BCUT2D eigenvalue weighted by atomic mass is 10.1. The quantitative estimate of drug-likeness (QED) is 0.691. The summed E-state index contributed by atoms with van der Waals surface area (Å²) >= 11 is 0. The number of fused-ring (bicyclic) bond motifs is 1.